The maximum atomic E-state index is 13.4. The lowest BCUT2D eigenvalue weighted by atomic mass is 10.1. The van der Waals surface area contributed by atoms with Crippen molar-refractivity contribution in [3.8, 4) is 5.75 Å². The molecule has 0 bridgehead atoms. The fourth-order valence-corrected chi connectivity index (χ4v) is 4.17. The van der Waals surface area contributed by atoms with Crippen LogP contribution in [-0.4, -0.2) is 23.5 Å². The lowest BCUT2D eigenvalue weighted by Crippen LogP contribution is -2.56. The average molecular weight is 435 g/mol. The largest absolute Gasteiger partial charge is 0.494 e. The van der Waals surface area contributed by atoms with E-state index < -0.39 is 11.8 Å². The van der Waals surface area contributed by atoms with Gasteiger partial charge in [0.15, 0.2) is 5.11 Å². The lowest BCUT2D eigenvalue weighted by Gasteiger charge is -2.36. The fraction of sp³-hybridized carbons (Fsp3) is 0.0870. The van der Waals surface area contributed by atoms with Crippen LogP contribution in [0, 0.1) is 0 Å². The van der Waals surface area contributed by atoms with E-state index in [1.54, 1.807) is 42.5 Å². The third-order valence-corrected chi connectivity index (χ3v) is 5.68. The molecule has 1 aliphatic heterocycles. The van der Waals surface area contributed by atoms with E-state index in [1.807, 2.05) is 42.6 Å². The van der Waals surface area contributed by atoms with Crippen LogP contribution in [0.25, 0.3) is 6.08 Å². The summed E-state index contributed by atoms with van der Waals surface area (Å²) in [5.74, 6) is -0.191. The van der Waals surface area contributed by atoms with Crippen molar-refractivity contribution in [3.63, 3.8) is 0 Å². The Labute approximate surface area is 183 Å². The molecule has 2 heterocycles. The number of anilines is 2. The highest BCUT2D eigenvalue weighted by Gasteiger charge is 2.41. The number of thiocarbonyl (C=S) groups is 1. The Morgan fingerprint density at radius 1 is 0.900 bits per heavy atom. The predicted octanol–water partition coefficient (Wildman–Crippen LogP) is 4.90. The monoisotopic (exact) mass is 434 g/mol. The highest BCUT2D eigenvalue weighted by molar-refractivity contribution is 7.81. The van der Waals surface area contributed by atoms with E-state index in [0.717, 1.165) is 4.88 Å². The van der Waals surface area contributed by atoms with E-state index in [2.05, 4.69) is 0 Å². The summed E-state index contributed by atoms with van der Waals surface area (Å²) in [6.07, 6.45) is 1.62. The number of benzene rings is 2. The van der Waals surface area contributed by atoms with Crippen molar-refractivity contribution in [3.05, 3.63) is 82.6 Å². The third kappa shape index (κ3) is 3.77. The summed E-state index contributed by atoms with van der Waals surface area (Å²) in [7, 11) is 0. The molecule has 1 saturated heterocycles. The van der Waals surface area contributed by atoms with E-state index in [-0.39, 0.29) is 10.7 Å². The van der Waals surface area contributed by atoms with Crippen LogP contribution >= 0.6 is 23.6 Å². The molecule has 0 aliphatic carbocycles. The van der Waals surface area contributed by atoms with Crippen molar-refractivity contribution >= 4 is 57.9 Å². The zero-order chi connectivity index (χ0) is 21.1. The van der Waals surface area contributed by atoms with Crippen molar-refractivity contribution in [2.45, 2.75) is 6.92 Å². The molecule has 2 aromatic carbocycles. The summed E-state index contributed by atoms with van der Waals surface area (Å²) in [4.78, 5) is 30.3. The van der Waals surface area contributed by atoms with Gasteiger partial charge in [-0.1, -0.05) is 24.3 Å². The van der Waals surface area contributed by atoms with Crippen molar-refractivity contribution in [1.29, 1.82) is 0 Å². The molecule has 30 heavy (non-hydrogen) atoms. The molecule has 4 rings (SSSR count). The van der Waals surface area contributed by atoms with Gasteiger partial charge >= 0.3 is 0 Å². The highest BCUT2D eigenvalue weighted by atomic mass is 32.1. The summed E-state index contributed by atoms with van der Waals surface area (Å²) in [5, 5.41) is 2.01. The van der Waals surface area contributed by atoms with Crippen LogP contribution in [0.15, 0.2) is 77.7 Å². The minimum atomic E-state index is -0.449. The molecule has 0 N–H and O–H groups in total. The minimum Gasteiger partial charge on any atom is -0.494 e. The topological polar surface area (TPSA) is 49.9 Å². The van der Waals surface area contributed by atoms with Gasteiger partial charge in [-0.25, -0.2) is 0 Å². The van der Waals surface area contributed by atoms with E-state index in [0.29, 0.717) is 23.7 Å². The van der Waals surface area contributed by atoms with Crippen LogP contribution < -0.4 is 14.5 Å². The molecule has 1 fully saturated rings. The molecule has 5 nitrogen and oxygen atoms in total. The Morgan fingerprint density at radius 2 is 1.53 bits per heavy atom. The van der Waals surface area contributed by atoms with Crippen LogP contribution in [0.3, 0.4) is 0 Å². The van der Waals surface area contributed by atoms with Crippen LogP contribution in [0.4, 0.5) is 11.4 Å². The van der Waals surface area contributed by atoms with E-state index in [9.17, 15) is 9.59 Å². The van der Waals surface area contributed by atoms with Gasteiger partial charge in [0.25, 0.3) is 11.8 Å². The third-order valence-electron chi connectivity index (χ3n) is 4.50. The Hall–Kier alpha value is -3.29. The van der Waals surface area contributed by atoms with Crippen molar-refractivity contribution < 1.29 is 14.3 Å². The van der Waals surface area contributed by atoms with E-state index >= 15 is 0 Å². The quantitative estimate of drug-likeness (QED) is 0.326. The molecule has 3 aromatic rings. The molecule has 1 aliphatic rings. The second-order valence-electron chi connectivity index (χ2n) is 6.40. The molecule has 0 atom stereocenters. The SMILES string of the molecule is CCOc1ccc(N2C(=O)/C(=C/c3cccs3)C(=O)N(c3ccccc3)C2=S)cc1. The highest BCUT2D eigenvalue weighted by Crippen LogP contribution is 2.31. The fourth-order valence-electron chi connectivity index (χ4n) is 3.14. The summed E-state index contributed by atoms with van der Waals surface area (Å²) in [5.41, 5.74) is 1.23. The maximum Gasteiger partial charge on any atom is 0.270 e. The van der Waals surface area contributed by atoms with Gasteiger partial charge in [-0.3, -0.25) is 19.4 Å². The molecule has 1 aromatic heterocycles. The minimum absolute atomic E-state index is 0.0591. The summed E-state index contributed by atoms with van der Waals surface area (Å²) in [6.45, 7) is 2.45. The number of ether oxygens (including phenoxy) is 1. The first-order valence-electron chi connectivity index (χ1n) is 9.36. The van der Waals surface area contributed by atoms with Gasteiger partial charge in [0.05, 0.1) is 18.0 Å². The number of rotatable bonds is 5. The van der Waals surface area contributed by atoms with Gasteiger partial charge in [-0.2, -0.15) is 0 Å². The van der Waals surface area contributed by atoms with Crippen LogP contribution in [0.2, 0.25) is 0 Å². The van der Waals surface area contributed by atoms with Crippen molar-refractivity contribution in [2.24, 2.45) is 0 Å². The van der Waals surface area contributed by atoms with Gasteiger partial charge in [0.2, 0.25) is 0 Å². The van der Waals surface area contributed by atoms with Gasteiger partial charge in [0, 0.05) is 4.88 Å². The smallest absolute Gasteiger partial charge is 0.270 e. The second-order valence-corrected chi connectivity index (χ2v) is 7.74. The number of hydrogen-bond acceptors (Lipinski definition) is 5. The molecule has 0 radical (unpaired) electrons. The predicted molar refractivity (Wildman–Crippen MR) is 124 cm³/mol. The zero-order valence-electron chi connectivity index (χ0n) is 16.1. The molecule has 0 unspecified atom stereocenters. The number of carbonyl (C=O) groups excluding carboxylic acids is 2. The Balaban J connectivity index is 1.81. The van der Waals surface area contributed by atoms with Crippen LogP contribution in [0.5, 0.6) is 5.75 Å². The van der Waals surface area contributed by atoms with Crippen molar-refractivity contribution in [1.82, 2.24) is 0 Å². The average Bonchev–Trinajstić information content (AvgIpc) is 3.27. The molecular formula is C23H18N2O3S2. The Kier molecular flexibility index (Phi) is 5.74. The first-order chi connectivity index (χ1) is 14.6. The molecule has 2 amide bonds. The van der Waals surface area contributed by atoms with Crippen molar-refractivity contribution in [2.75, 3.05) is 16.4 Å². The molecule has 150 valence electrons. The Bertz CT molecular complexity index is 1110. The summed E-state index contributed by atoms with van der Waals surface area (Å²) < 4.78 is 5.49. The summed E-state index contributed by atoms with van der Waals surface area (Å²) in [6, 6.07) is 19.9. The van der Waals surface area contributed by atoms with Gasteiger partial charge in [0.1, 0.15) is 11.3 Å². The first kappa shape index (κ1) is 20.0. The molecule has 0 saturated carbocycles. The number of nitrogens with zero attached hydrogens (tertiary/aromatic N) is 2. The molecule has 7 heteroatoms. The lowest BCUT2D eigenvalue weighted by molar-refractivity contribution is -0.120. The number of amides is 2. The molecular weight excluding hydrogens is 416 g/mol. The van der Waals surface area contributed by atoms with Gasteiger partial charge in [-0.05, 0) is 73.1 Å². The molecule has 0 spiro atoms. The van der Waals surface area contributed by atoms with E-state index in [4.69, 9.17) is 17.0 Å². The van der Waals surface area contributed by atoms with Gasteiger partial charge in [-0.15, -0.1) is 11.3 Å². The van der Waals surface area contributed by atoms with Crippen LogP contribution in [-0.2, 0) is 9.59 Å². The maximum absolute atomic E-state index is 13.4. The van der Waals surface area contributed by atoms with Gasteiger partial charge < -0.3 is 4.74 Å². The number of para-hydroxylation sites is 1. The van der Waals surface area contributed by atoms with Crippen LogP contribution in [0.1, 0.15) is 11.8 Å². The van der Waals surface area contributed by atoms with E-state index in [1.165, 1.54) is 21.1 Å². The Morgan fingerprint density at radius 3 is 2.10 bits per heavy atom. The standard InChI is InChI=1S/C23H18N2O3S2/c1-2-28-18-12-10-17(11-13-18)25-22(27)20(15-19-9-6-14-30-19)21(26)24(23(25)29)16-7-4-3-5-8-16/h3-15H,2H2,1H3/b20-15+. The zero-order valence-corrected chi connectivity index (χ0v) is 17.8. The first-order valence-corrected chi connectivity index (χ1v) is 10.6. The number of thiophene rings is 1. The number of carbonyl (C=O) groups is 2. The normalized spacial score (nSPS) is 15.8. The second kappa shape index (κ2) is 8.61. The summed E-state index contributed by atoms with van der Waals surface area (Å²) >= 11 is 7.06. The number of hydrogen-bond donors (Lipinski definition) is 0.